The molecule has 6 aromatic rings. The second-order valence-corrected chi connectivity index (χ2v) is 13.9. The second kappa shape index (κ2) is 13.7. The molecule has 1 aliphatic heterocycles. The summed E-state index contributed by atoms with van der Waals surface area (Å²) in [7, 11) is 0. The molecule has 19 heteroatoms. The summed E-state index contributed by atoms with van der Waals surface area (Å²) in [5.74, 6) is -1.15. The number of anilines is 2. The lowest BCUT2D eigenvalue weighted by Crippen LogP contribution is -2.51. The van der Waals surface area contributed by atoms with E-state index in [1.807, 2.05) is 36.9 Å². The molecule has 0 radical (unpaired) electrons. The summed E-state index contributed by atoms with van der Waals surface area (Å²) in [5.41, 5.74) is 0.680. The molecule has 1 fully saturated rings. The number of carbonyl (C=O) groups is 2. The normalized spacial score (nSPS) is 13.6. The first-order chi connectivity index (χ1) is 25.2. The van der Waals surface area contributed by atoms with E-state index >= 15 is 0 Å². The molecule has 4 aromatic heterocycles. The lowest BCUT2D eigenvalue weighted by molar-refractivity contribution is -0.137. The molecule has 2 N–H and O–H groups in total. The van der Waals surface area contributed by atoms with Crippen LogP contribution in [-0.4, -0.2) is 82.1 Å². The molecule has 0 atom stereocenters. The molecule has 0 unspecified atom stereocenters. The van der Waals surface area contributed by atoms with Crippen molar-refractivity contribution in [1.82, 2.24) is 39.0 Å². The number of amides is 2. The number of nitrogens with one attached hydrogen (secondary N) is 1. The van der Waals surface area contributed by atoms with Gasteiger partial charge >= 0.3 is 6.18 Å². The molecular weight excluding hydrogens is 737 g/mol. The number of halogens is 4. The fraction of sp³-hybridized carbons (Fsp3) is 0.294. The predicted molar refractivity (Wildman–Crippen MR) is 192 cm³/mol. The van der Waals surface area contributed by atoms with E-state index in [4.69, 9.17) is 16.6 Å². The Morgan fingerprint density at radius 3 is 2.49 bits per heavy atom. The Labute approximate surface area is 307 Å². The van der Waals surface area contributed by atoms with Crippen LogP contribution in [-0.2, 0) is 23.9 Å². The Bertz CT molecular complexity index is 2490. The monoisotopic (exact) mass is 766 g/mol. The second-order valence-electron chi connectivity index (χ2n) is 12.3. The maximum Gasteiger partial charge on any atom is 0.416 e. The number of thiazole rings is 1. The van der Waals surface area contributed by atoms with Crippen LogP contribution in [0, 0.1) is 13.8 Å². The standard InChI is InChI=1S/C34H30ClF3N10O4S/c1-4-24-28(45-9-11-46(12-10-45)31(51)27-29(50)17(2)39-16-40-27)32(52)48-33(43-30(44-48)19-5-8-25-23(13-19)41-18(3)53-25)47(24)15-26(49)42-22-7-6-20(14-21(22)35)34(36,37)38/h5-8,13-14,16,50H,4,9-12,15H2,1-3H3,(H,42,49). The summed E-state index contributed by atoms with van der Waals surface area (Å²) in [6.07, 6.45) is -3.15. The van der Waals surface area contributed by atoms with E-state index in [-0.39, 0.29) is 77.7 Å². The van der Waals surface area contributed by atoms with Crippen LogP contribution in [0.25, 0.3) is 27.4 Å². The number of piperazine rings is 1. The zero-order valence-corrected chi connectivity index (χ0v) is 30.0. The molecule has 1 aliphatic rings. The van der Waals surface area contributed by atoms with Gasteiger partial charge in [-0.05, 0) is 56.7 Å². The predicted octanol–water partition coefficient (Wildman–Crippen LogP) is 5.12. The van der Waals surface area contributed by atoms with Crippen LogP contribution < -0.4 is 15.8 Å². The van der Waals surface area contributed by atoms with Gasteiger partial charge in [0.2, 0.25) is 11.7 Å². The van der Waals surface area contributed by atoms with Crippen LogP contribution in [0.4, 0.5) is 24.5 Å². The van der Waals surface area contributed by atoms with E-state index in [0.717, 1.165) is 37.9 Å². The van der Waals surface area contributed by atoms with E-state index in [1.54, 1.807) is 11.5 Å². The summed E-state index contributed by atoms with van der Waals surface area (Å²) in [6.45, 7) is 5.68. The first-order valence-corrected chi connectivity index (χ1v) is 17.5. The molecular formula is C34H30ClF3N10O4S. The van der Waals surface area contributed by atoms with Crippen molar-refractivity contribution in [2.75, 3.05) is 36.4 Å². The van der Waals surface area contributed by atoms with Crippen LogP contribution in [0.3, 0.4) is 0 Å². The molecule has 274 valence electrons. The number of hydrogen-bond donors (Lipinski definition) is 2. The molecule has 14 nitrogen and oxygen atoms in total. The van der Waals surface area contributed by atoms with E-state index in [9.17, 15) is 32.7 Å². The highest BCUT2D eigenvalue weighted by Crippen LogP contribution is 2.34. The first kappa shape index (κ1) is 35.8. The van der Waals surface area contributed by atoms with Crippen molar-refractivity contribution >= 4 is 62.1 Å². The van der Waals surface area contributed by atoms with Crippen molar-refractivity contribution < 1.29 is 27.9 Å². The highest BCUT2D eigenvalue weighted by molar-refractivity contribution is 7.18. The number of rotatable bonds is 7. The quantitative estimate of drug-likeness (QED) is 0.223. The topological polar surface area (TPSA) is 164 Å². The van der Waals surface area contributed by atoms with Crippen molar-refractivity contribution in [1.29, 1.82) is 0 Å². The summed E-state index contributed by atoms with van der Waals surface area (Å²) >= 11 is 7.67. The third kappa shape index (κ3) is 6.74. The Morgan fingerprint density at radius 2 is 1.79 bits per heavy atom. The van der Waals surface area contributed by atoms with Crippen molar-refractivity contribution in [3.63, 3.8) is 0 Å². The van der Waals surface area contributed by atoms with Crippen molar-refractivity contribution in [2.45, 2.75) is 39.9 Å². The molecule has 0 spiro atoms. The molecule has 2 amide bonds. The minimum Gasteiger partial charge on any atom is -0.504 e. The van der Waals surface area contributed by atoms with Gasteiger partial charge in [0.25, 0.3) is 11.5 Å². The van der Waals surface area contributed by atoms with Gasteiger partial charge < -0.3 is 24.8 Å². The number of aromatic nitrogens is 7. The largest absolute Gasteiger partial charge is 0.504 e. The van der Waals surface area contributed by atoms with Crippen molar-refractivity contribution in [3.8, 4) is 17.1 Å². The fourth-order valence-electron chi connectivity index (χ4n) is 6.27. The van der Waals surface area contributed by atoms with Gasteiger partial charge in [-0.25, -0.2) is 15.0 Å². The third-order valence-corrected chi connectivity index (χ3v) is 10.1. The van der Waals surface area contributed by atoms with E-state index in [2.05, 4.69) is 25.4 Å². The SMILES string of the molecule is CCc1c(N2CCN(C(=O)c3ncnc(C)c3O)CC2)c(=O)n2nc(-c3ccc4sc(C)nc4c3)nc2n1CC(=O)Nc1ccc(C(F)(F)F)cc1Cl. The molecule has 0 saturated carbocycles. The molecule has 5 heterocycles. The number of hydrogen-bond acceptors (Lipinski definition) is 11. The van der Waals surface area contributed by atoms with E-state index in [0.29, 0.717) is 11.3 Å². The van der Waals surface area contributed by atoms with Gasteiger partial charge in [0, 0.05) is 31.7 Å². The minimum absolute atomic E-state index is 0.0280. The summed E-state index contributed by atoms with van der Waals surface area (Å²) in [6, 6.07) is 8.14. The average molecular weight is 767 g/mol. The third-order valence-electron chi connectivity index (χ3n) is 8.88. The molecule has 53 heavy (non-hydrogen) atoms. The molecule has 7 rings (SSSR count). The van der Waals surface area contributed by atoms with Gasteiger partial charge in [-0.3, -0.25) is 14.4 Å². The number of aromatic hydroxyl groups is 1. The lowest BCUT2D eigenvalue weighted by atomic mass is 10.2. The van der Waals surface area contributed by atoms with Gasteiger partial charge in [-0.2, -0.15) is 22.7 Å². The minimum atomic E-state index is -4.62. The van der Waals surface area contributed by atoms with Gasteiger partial charge in [0.1, 0.15) is 18.6 Å². The molecule has 1 saturated heterocycles. The smallest absolute Gasteiger partial charge is 0.416 e. The maximum absolute atomic E-state index is 14.3. The maximum atomic E-state index is 14.3. The number of nitrogens with zero attached hydrogens (tertiary/aromatic N) is 9. The number of carbonyl (C=O) groups excluding carboxylic acids is 2. The Kier molecular flexibility index (Phi) is 9.27. The van der Waals surface area contributed by atoms with E-state index < -0.39 is 35.7 Å². The van der Waals surface area contributed by atoms with Crippen LogP contribution in [0.2, 0.25) is 5.02 Å². The molecule has 0 aliphatic carbocycles. The number of aryl methyl sites for hydroxylation is 2. The highest BCUT2D eigenvalue weighted by atomic mass is 35.5. The average Bonchev–Trinajstić information content (AvgIpc) is 3.74. The van der Waals surface area contributed by atoms with Crippen LogP contribution in [0.5, 0.6) is 5.75 Å². The van der Waals surface area contributed by atoms with Gasteiger partial charge in [-0.15, -0.1) is 16.4 Å². The summed E-state index contributed by atoms with van der Waals surface area (Å²) < 4.78 is 43.4. The number of alkyl halides is 3. The van der Waals surface area contributed by atoms with Gasteiger partial charge in [0.05, 0.1) is 42.9 Å². The Hall–Kier alpha value is -5.62. The molecule has 0 bridgehead atoms. The molecule has 2 aromatic carbocycles. The van der Waals surface area contributed by atoms with Gasteiger partial charge in [-0.1, -0.05) is 18.5 Å². The van der Waals surface area contributed by atoms with Crippen LogP contribution in [0.1, 0.15) is 39.4 Å². The van der Waals surface area contributed by atoms with Crippen molar-refractivity contribution in [3.05, 3.63) is 85.8 Å². The van der Waals surface area contributed by atoms with Crippen molar-refractivity contribution in [2.24, 2.45) is 0 Å². The Balaban J connectivity index is 1.27. The van der Waals surface area contributed by atoms with E-state index in [1.165, 1.54) is 22.6 Å². The van der Waals surface area contributed by atoms with Gasteiger partial charge in [0.15, 0.2) is 17.3 Å². The first-order valence-electron chi connectivity index (χ1n) is 16.3. The summed E-state index contributed by atoms with van der Waals surface area (Å²) in [4.78, 5) is 61.6. The van der Waals surface area contributed by atoms with Crippen LogP contribution >= 0.6 is 22.9 Å². The number of fused-ring (bicyclic) bond motifs is 2. The zero-order valence-electron chi connectivity index (χ0n) is 28.4. The fourth-order valence-corrected chi connectivity index (χ4v) is 7.30. The van der Waals surface area contributed by atoms with Crippen LogP contribution in [0.15, 0.2) is 47.5 Å². The highest BCUT2D eigenvalue weighted by Gasteiger charge is 2.32. The Morgan fingerprint density at radius 1 is 1.04 bits per heavy atom. The number of benzene rings is 2. The summed E-state index contributed by atoms with van der Waals surface area (Å²) in [5, 5.41) is 18.1. The zero-order chi connectivity index (χ0) is 37.8. The lowest BCUT2D eigenvalue weighted by Gasteiger charge is -2.36.